The first-order valence-electron chi connectivity index (χ1n) is 6.04. The molecule has 0 atom stereocenters. The van der Waals surface area contributed by atoms with Gasteiger partial charge in [-0.25, -0.2) is 4.98 Å². The summed E-state index contributed by atoms with van der Waals surface area (Å²) in [5, 5.41) is 0. The van der Waals surface area contributed by atoms with Gasteiger partial charge in [0.15, 0.2) is 0 Å². The molecule has 1 aromatic carbocycles. The van der Waals surface area contributed by atoms with Gasteiger partial charge >= 0.3 is 0 Å². The lowest BCUT2D eigenvalue weighted by atomic mass is 10.1. The number of nitrogens with zero attached hydrogens (tertiary/aromatic N) is 3. The number of imidazole rings is 1. The van der Waals surface area contributed by atoms with Crippen molar-refractivity contribution in [1.82, 2.24) is 14.5 Å². The first-order chi connectivity index (χ1) is 8.75. The van der Waals surface area contributed by atoms with Gasteiger partial charge in [-0.2, -0.15) is 0 Å². The molecule has 1 amide bonds. The van der Waals surface area contributed by atoms with Gasteiger partial charge in [-0.1, -0.05) is 0 Å². The van der Waals surface area contributed by atoms with E-state index in [1.54, 1.807) is 6.33 Å². The molecule has 1 aromatic heterocycles. The van der Waals surface area contributed by atoms with Gasteiger partial charge in [-0.15, -0.1) is 0 Å². The molecule has 1 aliphatic rings. The first-order valence-corrected chi connectivity index (χ1v) is 6.04. The molecule has 0 radical (unpaired) electrons. The Labute approximate surface area is 105 Å². The summed E-state index contributed by atoms with van der Waals surface area (Å²) < 4.78 is 7.19. The van der Waals surface area contributed by atoms with Crippen LogP contribution >= 0.6 is 0 Å². The fourth-order valence-corrected chi connectivity index (χ4v) is 2.22. The van der Waals surface area contributed by atoms with E-state index in [0.29, 0.717) is 31.9 Å². The average Bonchev–Trinajstić information content (AvgIpc) is 2.80. The third-order valence-corrected chi connectivity index (χ3v) is 3.27. The Morgan fingerprint density at radius 3 is 2.89 bits per heavy atom. The van der Waals surface area contributed by atoms with Gasteiger partial charge in [0.05, 0.1) is 30.6 Å². The second-order valence-electron chi connectivity index (χ2n) is 4.46. The van der Waals surface area contributed by atoms with Crippen LogP contribution in [0.15, 0.2) is 24.5 Å². The van der Waals surface area contributed by atoms with Crippen LogP contribution in [0.1, 0.15) is 10.4 Å². The Bertz CT molecular complexity index is 585. The summed E-state index contributed by atoms with van der Waals surface area (Å²) in [6, 6.07) is 5.66. The lowest BCUT2D eigenvalue weighted by Crippen LogP contribution is -2.40. The number of aromatic nitrogens is 2. The minimum absolute atomic E-state index is 0.0610. The van der Waals surface area contributed by atoms with Crippen molar-refractivity contribution in [2.75, 3.05) is 26.3 Å². The molecule has 0 bridgehead atoms. The second kappa shape index (κ2) is 4.42. The molecule has 1 aliphatic heterocycles. The predicted molar refractivity (Wildman–Crippen MR) is 67.4 cm³/mol. The van der Waals surface area contributed by atoms with E-state index in [0.717, 1.165) is 11.0 Å². The van der Waals surface area contributed by atoms with Gasteiger partial charge in [-0.3, -0.25) is 4.79 Å². The van der Waals surface area contributed by atoms with E-state index in [-0.39, 0.29) is 5.91 Å². The summed E-state index contributed by atoms with van der Waals surface area (Å²) in [6.07, 6.45) is 1.76. The maximum atomic E-state index is 12.3. The van der Waals surface area contributed by atoms with E-state index < -0.39 is 0 Å². The number of aryl methyl sites for hydroxylation is 1. The molecule has 1 saturated heterocycles. The summed E-state index contributed by atoms with van der Waals surface area (Å²) in [4.78, 5) is 18.4. The quantitative estimate of drug-likeness (QED) is 0.754. The van der Waals surface area contributed by atoms with Crippen LogP contribution in [0.5, 0.6) is 0 Å². The zero-order valence-corrected chi connectivity index (χ0v) is 10.3. The first kappa shape index (κ1) is 11.2. The van der Waals surface area contributed by atoms with Crippen molar-refractivity contribution in [2.24, 2.45) is 7.05 Å². The Kier molecular flexibility index (Phi) is 2.76. The summed E-state index contributed by atoms with van der Waals surface area (Å²) >= 11 is 0. The topological polar surface area (TPSA) is 47.4 Å². The van der Waals surface area contributed by atoms with E-state index in [1.807, 2.05) is 34.7 Å². The van der Waals surface area contributed by atoms with Crippen LogP contribution in [0.3, 0.4) is 0 Å². The van der Waals surface area contributed by atoms with Crippen LogP contribution in [-0.4, -0.2) is 46.7 Å². The van der Waals surface area contributed by atoms with E-state index in [2.05, 4.69) is 4.98 Å². The largest absolute Gasteiger partial charge is 0.378 e. The maximum Gasteiger partial charge on any atom is 0.254 e. The van der Waals surface area contributed by atoms with Crippen LogP contribution in [0.4, 0.5) is 0 Å². The van der Waals surface area contributed by atoms with Gasteiger partial charge in [0.25, 0.3) is 5.91 Å². The van der Waals surface area contributed by atoms with E-state index in [9.17, 15) is 4.79 Å². The van der Waals surface area contributed by atoms with Crippen LogP contribution in [-0.2, 0) is 11.8 Å². The minimum Gasteiger partial charge on any atom is -0.378 e. The number of amides is 1. The number of fused-ring (bicyclic) bond motifs is 1. The second-order valence-corrected chi connectivity index (χ2v) is 4.46. The molecule has 1 fully saturated rings. The van der Waals surface area contributed by atoms with Gasteiger partial charge in [0.2, 0.25) is 0 Å². The molecule has 5 heteroatoms. The highest BCUT2D eigenvalue weighted by Crippen LogP contribution is 2.15. The Balaban J connectivity index is 1.91. The number of carbonyl (C=O) groups excluding carboxylic acids is 1. The number of carbonyl (C=O) groups is 1. The molecular formula is C13H15N3O2. The van der Waals surface area contributed by atoms with Crippen molar-refractivity contribution in [1.29, 1.82) is 0 Å². The number of morpholine rings is 1. The zero-order chi connectivity index (χ0) is 12.5. The standard InChI is InChI=1S/C13H15N3O2/c1-15-9-14-11-8-10(2-3-12(11)15)13(17)16-4-6-18-7-5-16/h2-3,8-9H,4-7H2,1H3. The Morgan fingerprint density at radius 2 is 2.11 bits per heavy atom. The number of benzene rings is 1. The molecule has 2 aromatic rings. The lowest BCUT2D eigenvalue weighted by molar-refractivity contribution is 0.0303. The summed E-state index contributed by atoms with van der Waals surface area (Å²) in [5.74, 6) is 0.0610. The highest BCUT2D eigenvalue weighted by atomic mass is 16.5. The molecule has 2 heterocycles. The third-order valence-electron chi connectivity index (χ3n) is 3.27. The number of ether oxygens (including phenoxy) is 1. The van der Waals surface area contributed by atoms with Crippen molar-refractivity contribution in [3.63, 3.8) is 0 Å². The predicted octanol–water partition coefficient (Wildman–Crippen LogP) is 1.05. The molecule has 0 spiro atoms. The van der Waals surface area contributed by atoms with Crippen LogP contribution in [0.25, 0.3) is 11.0 Å². The van der Waals surface area contributed by atoms with Gasteiger partial charge < -0.3 is 14.2 Å². The molecule has 94 valence electrons. The summed E-state index contributed by atoms with van der Waals surface area (Å²) in [7, 11) is 1.94. The summed E-state index contributed by atoms with van der Waals surface area (Å²) in [5.41, 5.74) is 2.59. The number of rotatable bonds is 1. The van der Waals surface area contributed by atoms with Crippen molar-refractivity contribution < 1.29 is 9.53 Å². The van der Waals surface area contributed by atoms with Crippen molar-refractivity contribution >= 4 is 16.9 Å². The maximum absolute atomic E-state index is 12.3. The van der Waals surface area contributed by atoms with Crippen molar-refractivity contribution in [3.8, 4) is 0 Å². The SMILES string of the molecule is Cn1cnc2cc(C(=O)N3CCOCC3)ccc21. The van der Waals surface area contributed by atoms with E-state index in [1.165, 1.54) is 0 Å². The molecule has 0 N–H and O–H groups in total. The van der Waals surface area contributed by atoms with Gasteiger partial charge in [-0.05, 0) is 18.2 Å². The molecule has 0 aliphatic carbocycles. The zero-order valence-electron chi connectivity index (χ0n) is 10.3. The molecular weight excluding hydrogens is 230 g/mol. The van der Waals surface area contributed by atoms with Crippen molar-refractivity contribution in [3.05, 3.63) is 30.1 Å². The summed E-state index contributed by atoms with van der Waals surface area (Å²) in [6.45, 7) is 2.58. The lowest BCUT2D eigenvalue weighted by Gasteiger charge is -2.26. The van der Waals surface area contributed by atoms with Crippen LogP contribution < -0.4 is 0 Å². The fraction of sp³-hybridized carbons (Fsp3) is 0.385. The van der Waals surface area contributed by atoms with Gasteiger partial charge in [0, 0.05) is 25.7 Å². The minimum atomic E-state index is 0.0610. The van der Waals surface area contributed by atoms with Crippen molar-refractivity contribution in [2.45, 2.75) is 0 Å². The highest BCUT2D eigenvalue weighted by molar-refractivity contribution is 5.97. The molecule has 0 unspecified atom stereocenters. The Hall–Kier alpha value is -1.88. The fourth-order valence-electron chi connectivity index (χ4n) is 2.22. The van der Waals surface area contributed by atoms with E-state index in [4.69, 9.17) is 4.74 Å². The van der Waals surface area contributed by atoms with Gasteiger partial charge in [0.1, 0.15) is 0 Å². The highest BCUT2D eigenvalue weighted by Gasteiger charge is 2.18. The third kappa shape index (κ3) is 1.86. The van der Waals surface area contributed by atoms with E-state index >= 15 is 0 Å². The Morgan fingerprint density at radius 1 is 1.33 bits per heavy atom. The smallest absolute Gasteiger partial charge is 0.254 e. The van der Waals surface area contributed by atoms with Crippen LogP contribution in [0, 0.1) is 0 Å². The number of hydrogen-bond donors (Lipinski definition) is 0. The monoisotopic (exact) mass is 245 g/mol. The molecule has 3 rings (SSSR count). The van der Waals surface area contributed by atoms with Crippen LogP contribution in [0.2, 0.25) is 0 Å². The normalized spacial score (nSPS) is 16.2. The number of hydrogen-bond acceptors (Lipinski definition) is 3. The molecule has 0 saturated carbocycles. The average molecular weight is 245 g/mol. The molecule has 18 heavy (non-hydrogen) atoms. The molecule has 5 nitrogen and oxygen atoms in total.